The molecule has 2 aromatic heterocycles. The number of ether oxygens (including phenoxy) is 2. The minimum Gasteiger partial charge on any atom is -0.444 e. The molecular formula is C24H32BrN5O3. The van der Waals surface area contributed by atoms with Crippen molar-refractivity contribution >= 4 is 32.9 Å². The molecule has 3 heterocycles. The Bertz CT molecular complexity index is 1140. The summed E-state index contributed by atoms with van der Waals surface area (Å²) in [5.41, 5.74) is 3.55. The first-order valence-electron chi connectivity index (χ1n) is 11.4. The molecule has 9 heteroatoms. The lowest BCUT2D eigenvalue weighted by Crippen LogP contribution is -2.42. The van der Waals surface area contributed by atoms with Crippen molar-refractivity contribution in [1.82, 2.24) is 24.5 Å². The lowest BCUT2D eigenvalue weighted by molar-refractivity contribution is 0.0184. The molecule has 0 bridgehead atoms. The van der Waals surface area contributed by atoms with Gasteiger partial charge >= 0.3 is 6.09 Å². The maximum atomic E-state index is 12.4. The number of carbonyl (C=O) groups excluding carboxylic acids is 1. The number of fused-ring (bicyclic) bond motifs is 1. The second kappa shape index (κ2) is 9.46. The van der Waals surface area contributed by atoms with E-state index in [1.165, 1.54) is 0 Å². The molecule has 1 saturated heterocycles. The van der Waals surface area contributed by atoms with E-state index < -0.39 is 5.60 Å². The van der Waals surface area contributed by atoms with Crippen molar-refractivity contribution in [3.8, 4) is 11.3 Å². The molecule has 8 nitrogen and oxygen atoms in total. The number of hydrogen-bond acceptors (Lipinski definition) is 5. The lowest BCUT2D eigenvalue weighted by atomic mass is 10.1. The van der Waals surface area contributed by atoms with Gasteiger partial charge in [-0.05, 0) is 68.6 Å². The number of hydrogen-bond donors (Lipinski definition) is 0. The van der Waals surface area contributed by atoms with Gasteiger partial charge in [-0.1, -0.05) is 6.07 Å². The fourth-order valence-electron chi connectivity index (χ4n) is 4.18. The van der Waals surface area contributed by atoms with Crippen molar-refractivity contribution in [3.05, 3.63) is 34.6 Å². The molecular weight excluding hydrogens is 486 g/mol. The molecule has 0 radical (unpaired) electrons. The highest BCUT2D eigenvalue weighted by Gasteiger charge is 2.29. The van der Waals surface area contributed by atoms with Crippen LogP contribution in [0.5, 0.6) is 0 Å². The van der Waals surface area contributed by atoms with Crippen molar-refractivity contribution < 1.29 is 14.3 Å². The molecule has 4 rings (SSSR count). The summed E-state index contributed by atoms with van der Waals surface area (Å²) in [6, 6.07) is 6.48. The van der Waals surface area contributed by atoms with Gasteiger partial charge in [0, 0.05) is 37.3 Å². The van der Waals surface area contributed by atoms with E-state index in [4.69, 9.17) is 14.6 Å². The zero-order valence-electron chi connectivity index (χ0n) is 20.0. The molecule has 33 heavy (non-hydrogen) atoms. The highest BCUT2D eigenvalue weighted by molar-refractivity contribution is 9.10. The van der Waals surface area contributed by atoms with E-state index in [1.807, 2.05) is 37.7 Å². The summed E-state index contributed by atoms with van der Waals surface area (Å²) in [7, 11) is 1.69. The first kappa shape index (κ1) is 23.8. The molecule has 0 N–H and O–H groups in total. The average molecular weight is 518 g/mol. The maximum absolute atomic E-state index is 12.4. The molecule has 1 aliphatic rings. The van der Waals surface area contributed by atoms with Crippen LogP contribution in [-0.2, 0) is 16.0 Å². The topological polar surface area (TPSA) is 74.4 Å². The summed E-state index contributed by atoms with van der Waals surface area (Å²) in [5, 5.41) is 10.7. The number of piperidine rings is 1. The summed E-state index contributed by atoms with van der Waals surface area (Å²) >= 11 is 3.77. The van der Waals surface area contributed by atoms with Crippen molar-refractivity contribution in [2.24, 2.45) is 0 Å². The standard InChI is InChI=1S/C24H32BrN5O3/c1-16-21(25)22(17-6-7-20-18(14-17)15-29(26-20)12-13-32-5)27-30(16)19-8-10-28(11-9-19)23(31)33-24(2,3)4/h6-7,14-15,19H,8-13H2,1-5H3. The van der Waals surface area contributed by atoms with Crippen molar-refractivity contribution in [1.29, 1.82) is 0 Å². The van der Waals surface area contributed by atoms with Crippen molar-refractivity contribution in [2.45, 2.75) is 58.7 Å². The third-order valence-corrected chi connectivity index (χ3v) is 6.84. The van der Waals surface area contributed by atoms with Gasteiger partial charge in [-0.3, -0.25) is 9.36 Å². The number of benzene rings is 1. The second-order valence-electron chi connectivity index (χ2n) is 9.55. The van der Waals surface area contributed by atoms with Gasteiger partial charge in [0.15, 0.2) is 0 Å². The number of aromatic nitrogens is 4. The Morgan fingerprint density at radius 1 is 1.21 bits per heavy atom. The van der Waals surface area contributed by atoms with Crippen LogP contribution in [0.3, 0.4) is 0 Å². The van der Waals surface area contributed by atoms with Crippen LogP contribution in [0.4, 0.5) is 4.79 Å². The summed E-state index contributed by atoms with van der Waals surface area (Å²) in [6.45, 7) is 10.4. The Hall–Kier alpha value is -2.39. The van der Waals surface area contributed by atoms with E-state index in [1.54, 1.807) is 12.0 Å². The van der Waals surface area contributed by atoms with Crippen LogP contribution in [-0.4, -0.2) is 63.0 Å². The van der Waals surface area contributed by atoms with E-state index in [0.29, 0.717) is 19.7 Å². The first-order chi connectivity index (χ1) is 15.7. The molecule has 0 saturated carbocycles. The largest absolute Gasteiger partial charge is 0.444 e. The van der Waals surface area contributed by atoms with Crippen LogP contribution in [0.25, 0.3) is 22.2 Å². The number of likely N-dealkylation sites (tertiary alicyclic amines) is 1. The zero-order valence-corrected chi connectivity index (χ0v) is 21.6. The minimum atomic E-state index is -0.479. The highest BCUT2D eigenvalue weighted by Crippen LogP contribution is 2.35. The fraction of sp³-hybridized carbons (Fsp3) is 0.542. The van der Waals surface area contributed by atoms with Crippen molar-refractivity contribution in [3.63, 3.8) is 0 Å². The number of halogens is 1. The van der Waals surface area contributed by atoms with E-state index in [9.17, 15) is 4.79 Å². The molecule has 1 amide bonds. The maximum Gasteiger partial charge on any atom is 0.410 e. The van der Waals surface area contributed by atoms with Gasteiger partial charge in [0.1, 0.15) is 11.3 Å². The Kier molecular flexibility index (Phi) is 6.81. The monoisotopic (exact) mass is 517 g/mol. The van der Waals surface area contributed by atoms with Crippen LogP contribution in [0, 0.1) is 6.92 Å². The third-order valence-electron chi connectivity index (χ3n) is 5.89. The van der Waals surface area contributed by atoms with Crippen LogP contribution in [0.15, 0.2) is 28.9 Å². The Morgan fingerprint density at radius 3 is 2.61 bits per heavy atom. The number of nitrogens with zero attached hydrogens (tertiary/aromatic N) is 5. The minimum absolute atomic E-state index is 0.237. The average Bonchev–Trinajstić information content (AvgIpc) is 3.31. The molecule has 1 aromatic carbocycles. The van der Waals surface area contributed by atoms with Gasteiger partial charge in [0.25, 0.3) is 0 Å². The SMILES string of the molecule is COCCn1cc2cc(-c3nn(C4CCN(C(=O)OC(C)(C)C)CC4)c(C)c3Br)ccc2n1. The van der Waals surface area contributed by atoms with Gasteiger partial charge in [-0.2, -0.15) is 10.2 Å². The number of rotatable bonds is 5. The Morgan fingerprint density at radius 2 is 1.94 bits per heavy atom. The van der Waals surface area contributed by atoms with E-state index in [0.717, 1.165) is 51.7 Å². The summed E-state index contributed by atoms with van der Waals surface area (Å²) < 4.78 is 15.7. The summed E-state index contributed by atoms with van der Waals surface area (Å²) in [6.07, 6.45) is 3.50. The van der Waals surface area contributed by atoms with E-state index >= 15 is 0 Å². The van der Waals surface area contributed by atoms with E-state index in [2.05, 4.69) is 44.8 Å². The van der Waals surface area contributed by atoms with E-state index in [-0.39, 0.29) is 12.1 Å². The lowest BCUT2D eigenvalue weighted by Gasteiger charge is -2.33. The van der Waals surface area contributed by atoms with Crippen LogP contribution in [0.2, 0.25) is 0 Å². The van der Waals surface area contributed by atoms with Gasteiger partial charge in [0.05, 0.1) is 34.9 Å². The fourth-order valence-corrected chi connectivity index (χ4v) is 4.67. The molecule has 0 unspecified atom stereocenters. The second-order valence-corrected chi connectivity index (χ2v) is 10.3. The van der Waals surface area contributed by atoms with Crippen molar-refractivity contribution in [2.75, 3.05) is 26.8 Å². The molecule has 1 fully saturated rings. The molecule has 0 spiro atoms. The predicted molar refractivity (Wildman–Crippen MR) is 131 cm³/mol. The smallest absolute Gasteiger partial charge is 0.410 e. The van der Waals surface area contributed by atoms with Crippen LogP contribution >= 0.6 is 15.9 Å². The van der Waals surface area contributed by atoms with Gasteiger partial charge in [-0.15, -0.1) is 0 Å². The molecule has 1 aliphatic heterocycles. The first-order valence-corrected chi connectivity index (χ1v) is 12.1. The van der Waals surface area contributed by atoms with Gasteiger partial charge < -0.3 is 14.4 Å². The number of carbonyl (C=O) groups is 1. The summed E-state index contributed by atoms with van der Waals surface area (Å²) in [5.74, 6) is 0. The molecule has 0 atom stereocenters. The van der Waals surface area contributed by atoms with Gasteiger partial charge in [-0.25, -0.2) is 4.79 Å². The Balaban J connectivity index is 1.51. The predicted octanol–water partition coefficient (Wildman–Crippen LogP) is 5.19. The van der Waals surface area contributed by atoms with Crippen LogP contribution in [0.1, 0.15) is 45.3 Å². The quantitative estimate of drug-likeness (QED) is 0.465. The normalized spacial score (nSPS) is 15.4. The molecule has 3 aromatic rings. The third kappa shape index (κ3) is 5.24. The molecule has 178 valence electrons. The summed E-state index contributed by atoms with van der Waals surface area (Å²) in [4.78, 5) is 14.2. The number of methoxy groups -OCH3 is 1. The Labute approximate surface area is 203 Å². The zero-order chi connectivity index (χ0) is 23.8. The molecule has 0 aliphatic carbocycles. The highest BCUT2D eigenvalue weighted by atomic mass is 79.9. The van der Waals surface area contributed by atoms with Gasteiger partial charge in [0.2, 0.25) is 0 Å². The van der Waals surface area contributed by atoms with Crippen LogP contribution < -0.4 is 0 Å². The number of amides is 1.